The first-order valence-corrected chi connectivity index (χ1v) is 10.3. The lowest BCUT2D eigenvalue weighted by atomic mass is 9.59. The molecule has 0 unspecified atom stereocenters. The molecule has 1 amide bonds. The maximum absolute atomic E-state index is 13.3. The van der Waals surface area contributed by atoms with Crippen molar-refractivity contribution in [2.75, 3.05) is 12.4 Å². The number of ether oxygens (including phenoxy) is 2. The molecule has 4 rings (SSSR count). The normalized spacial score (nSPS) is 22.4. The molecule has 1 aliphatic heterocycles. The van der Waals surface area contributed by atoms with Gasteiger partial charge in [0.15, 0.2) is 0 Å². The molecule has 156 valence electrons. The zero-order valence-corrected chi connectivity index (χ0v) is 16.9. The molecular weight excluding hydrogens is 382 g/mol. The van der Waals surface area contributed by atoms with Crippen molar-refractivity contribution < 1.29 is 23.9 Å². The van der Waals surface area contributed by atoms with Gasteiger partial charge in [-0.15, -0.1) is 0 Å². The Morgan fingerprint density at radius 2 is 1.67 bits per heavy atom. The van der Waals surface area contributed by atoms with E-state index in [-0.39, 0.29) is 5.97 Å². The number of methoxy groups -OCH3 is 1. The number of amides is 1. The van der Waals surface area contributed by atoms with Gasteiger partial charge in [0.05, 0.1) is 12.5 Å². The zero-order valence-electron chi connectivity index (χ0n) is 16.9. The van der Waals surface area contributed by atoms with Crippen LogP contribution in [-0.4, -0.2) is 25.0 Å². The highest BCUT2D eigenvalue weighted by molar-refractivity contribution is 6.07. The van der Waals surface area contributed by atoms with E-state index < -0.39 is 29.1 Å². The van der Waals surface area contributed by atoms with Gasteiger partial charge in [-0.25, -0.2) is 0 Å². The van der Waals surface area contributed by atoms with Crippen LogP contribution in [0.3, 0.4) is 0 Å². The van der Waals surface area contributed by atoms with Crippen LogP contribution in [0.25, 0.3) is 0 Å². The average molecular weight is 407 g/mol. The van der Waals surface area contributed by atoms with Crippen molar-refractivity contribution in [2.24, 2.45) is 11.3 Å². The summed E-state index contributed by atoms with van der Waals surface area (Å²) in [5, 5.41) is 2.82. The fourth-order valence-electron chi connectivity index (χ4n) is 4.96. The maximum atomic E-state index is 13.3. The molecule has 1 saturated carbocycles. The lowest BCUT2D eigenvalue weighted by Crippen LogP contribution is -2.51. The van der Waals surface area contributed by atoms with Gasteiger partial charge in [-0.05, 0) is 31.0 Å². The summed E-state index contributed by atoms with van der Waals surface area (Å²) < 4.78 is 10.8. The Labute approximate surface area is 175 Å². The number of fused-ring (bicyclic) bond motifs is 1. The molecule has 2 aromatic carbocycles. The van der Waals surface area contributed by atoms with Crippen molar-refractivity contribution in [1.29, 1.82) is 0 Å². The molecule has 6 heteroatoms. The summed E-state index contributed by atoms with van der Waals surface area (Å²) >= 11 is 0. The molecule has 1 N–H and O–H groups in total. The van der Waals surface area contributed by atoms with E-state index >= 15 is 0 Å². The molecule has 6 nitrogen and oxygen atoms in total. The molecule has 0 radical (unpaired) electrons. The number of nitrogens with one attached hydrogen (secondary N) is 1. The van der Waals surface area contributed by atoms with Crippen LogP contribution in [0, 0.1) is 11.3 Å². The minimum Gasteiger partial charge on any atom is -0.469 e. The van der Waals surface area contributed by atoms with Gasteiger partial charge < -0.3 is 14.8 Å². The Morgan fingerprint density at radius 3 is 2.37 bits per heavy atom. The van der Waals surface area contributed by atoms with E-state index in [1.54, 1.807) is 36.4 Å². The van der Waals surface area contributed by atoms with Crippen LogP contribution in [0.4, 0.5) is 5.69 Å². The number of esters is 2. The molecule has 0 aromatic heterocycles. The first-order chi connectivity index (χ1) is 14.6. The third kappa shape index (κ3) is 3.47. The Balaban J connectivity index is 1.82. The highest BCUT2D eigenvalue weighted by Gasteiger charge is 2.57. The molecular formula is C24H25NO5. The number of anilines is 1. The summed E-state index contributed by atoms with van der Waals surface area (Å²) in [6.07, 6.45) is 3.84. The summed E-state index contributed by atoms with van der Waals surface area (Å²) in [5.74, 6) is -2.86. The Hall–Kier alpha value is -3.15. The van der Waals surface area contributed by atoms with Crippen molar-refractivity contribution in [3.05, 3.63) is 60.2 Å². The van der Waals surface area contributed by atoms with E-state index in [4.69, 9.17) is 9.47 Å². The van der Waals surface area contributed by atoms with Gasteiger partial charge in [-0.2, -0.15) is 0 Å². The quantitative estimate of drug-likeness (QED) is 0.469. The molecule has 30 heavy (non-hydrogen) atoms. The summed E-state index contributed by atoms with van der Waals surface area (Å²) in [6, 6.07) is 16.1. The predicted octanol–water partition coefficient (Wildman–Crippen LogP) is 4.07. The summed E-state index contributed by atoms with van der Waals surface area (Å²) in [6.45, 7) is 0. The fourth-order valence-corrected chi connectivity index (χ4v) is 4.96. The molecule has 0 bridgehead atoms. The number of rotatable bonds is 4. The molecule has 1 heterocycles. The van der Waals surface area contributed by atoms with Crippen LogP contribution >= 0.6 is 0 Å². The number of carbonyl (C=O) groups is 3. The third-order valence-electron chi connectivity index (χ3n) is 6.31. The third-order valence-corrected chi connectivity index (χ3v) is 6.31. The zero-order chi connectivity index (χ0) is 21.1. The molecule has 0 spiro atoms. The van der Waals surface area contributed by atoms with E-state index in [0.29, 0.717) is 29.8 Å². The van der Waals surface area contributed by atoms with Crippen LogP contribution in [-0.2, 0) is 19.1 Å². The van der Waals surface area contributed by atoms with Gasteiger partial charge in [0, 0.05) is 17.2 Å². The second-order valence-corrected chi connectivity index (χ2v) is 7.98. The van der Waals surface area contributed by atoms with Gasteiger partial charge in [-0.1, -0.05) is 55.7 Å². The Bertz CT molecular complexity index is 949. The molecule has 1 fully saturated rings. The van der Waals surface area contributed by atoms with Crippen molar-refractivity contribution in [1.82, 2.24) is 0 Å². The number of carbonyl (C=O) groups excluding carboxylic acids is 3. The van der Waals surface area contributed by atoms with Gasteiger partial charge >= 0.3 is 11.9 Å². The second kappa shape index (κ2) is 8.30. The van der Waals surface area contributed by atoms with Crippen LogP contribution in [0.15, 0.2) is 54.6 Å². The number of hydrogen-bond donors (Lipinski definition) is 1. The largest absolute Gasteiger partial charge is 0.469 e. The number of hydrogen-bond acceptors (Lipinski definition) is 5. The predicted molar refractivity (Wildman–Crippen MR) is 111 cm³/mol. The highest BCUT2D eigenvalue weighted by Crippen LogP contribution is 2.55. The Kier molecular flexibility index (Phi) is 5.57. The van der Waals surface area contributed by atoms with E-state index in [9.17, 15) is 14.4 Å². The lowest BCUT2D eigenvalue weighted by molar-refractivity contribution is -0.162. The molecule has 0 saturated heterocycles. The van der Waals surface area contributed by atoms with Gasteiger partial charge in [0.2, 0.25) is 5.91 Å². The maximum Gasteiger partial charge on any atom is 0.324 e. The van der Waals surface area contributed by atoms with Gasteiger partial charge in [0.25, 0.3) is 0 Å². The second-order valence-electron chi connectivity index (χ2n) is 7.98. The molecule has 2 aromatic rings. The highest BCUT2D eigenvalue weighted by atomic mass is 16.5. The van der Waals surface area contributed by atoms with Crippen molar-refractivity contribution in [2.45, 2.75) is 38.0 Å². The van der Waals surface area contributed by atoms with Gasteiger partial charge in [-0.3, -0.25) is 14.4 Å². The van der Waals surface area contributed by atoms with Crippen LogP contribution < -0.4 is 10.1 Å². The minimum absolute atomic E-state index is 0.366. The van der Waals surface area contributed by atoms with E-state index in [1.807, 2.05) is 18.2 Å². The average Bonchev–Trinajstić information content (AvgIpc) is 2.78. The van der Waals surface area contributed by atoms with Crippen molar-refractivity contribution in [3.8, 4) is 5.75 Å². The lowest BCUT2D eigenvalue weighted by Gasteiger charge is -2.45. The first-order valence-electron chi connectivity index (χ1n) is 10.3. The topological polar surface area (TPSA) is 81.7 Å². The standard InChI is InChI=1S/C24H25NO5/c1-29-23(28)24(14-8-3-9-15-24)20-17-12-6-7-13-18(17)30-22(27)19(20)21(26)25-16-10-4-2-5-11-16/h2,4-7,10-13,19-20H,3,8-9,14-15H2,1H3,(H,25,26)/t19-,20+/m1/s1. The van der Waals surface area contributed by atoms with Crippen molar-refractivity contribution in [3.63, 3.8) is 0 Å². The van der Waals surface area contributed by atoms with E-state index in [0.717, 1.165) is 19.3 Å². The van der Waals surface area contributed by atoms with Crippen LogP contribution in [0.5, 0.6) is 5.75 Å². The molecule has 2 aliphatic rings. The number of benzene rings is 2. The molecule has 2 atom stereocenters. The Morgan fingerprint density at radius 1 is 1.00 bits per heavy atom. The van der Waals surface area contributed by atoms with Crippen LogP contribution in [0.2, 0.25) is 0 Å². The summed E-state index contributed by atoms with van der Waals surface area (Å²) in [5.41, 5.74) is 0.350. The minimum atomic E-state index is -1.14. The van der Waals surface area contributed by atoms with E-state index in [2.05, 4.69) is 5.32 Å². The number of para-hydroxylation sites is 2. The molecule has 1 aliphatic carbocycles. The van der Waals surface area contributed by atoms with E-state index in [1.165, 1.54) is 7.11 Å². The smallest absolute Gasteiger partial charge is 0.324 e. The summed E-state index contributed by atoms with van der Waals surface area (Å²) in [4.78, 5) is 39.5. The van der Waals surface area contributed by atoms with Gasteiger partial charge in [0.1, 0.15) is 11.7 Å². The van der Waals surface area contributed by atoms with Crippen molar-refractivity contribution >= 4 is 23.5 Å². The monoisotopic (exact) mass is 407 g/mol. The van der Waals surface area contributed by atoms with Crippen LogP contribution in [0.1, 0.15) is 43.6 Å². The SMILES string of the molecule is COC(=O)C1([C@H]2c3ccccc3OC(=O)[C@H]2C(=O)Nc2ccccc2)CCCCC1. The fraction of sp³-hybridized carbons (Fsp3) is 0.375. The first kappa shape index (κ1) is 20.1. The summed E-state index contributed by atoms with van der Waals surface area (Å²) in [7, 11) is 1.37.